The van der Waals surface area contributed by atoms with Crippen molar-refractivity contribution in [1.82, 2.24) is 25.5 Å². The smallest absolute Gasteiger partial charge is 0.225 e. The standard InChI is InChI=1S/C16H29N7O.HI/c1-17-15(19-8-14-24-2)18-7-4-9-22-10-12-23(13-11-22)16-20-5-3-6-21-16;/h3,5-6H,4,7-14H2,1-2H3,(H2,17,18,19);1H. The highest BCUT2D eigenvalue weighted by Crippen LogP contribution is 2.09. The maximum Gasteiger partial charge on any atom is 0.225 e. The average molecular weight is 463 g/mol. The quantitative estimate of drug-likeness (QED) is 0.251. The fraction of sp³-hybridized carbons (Fsp3) is 0.688. The number of guanidine groups is 1. The first-order valence-electron chi connectivity index (χ1n) is 8.51. The van der Waals surface area contributed by atoms with Gasteiger partial charge in [0, 0.05) is 65.8 Å². The molecule has 1 aliphatic rings. The average Bonchev–Trinajstić information content (AvgIpc) is 2.65. The van der Waals surface area contributed by atoms with Gasteiger partial charge >= 0.3 is 0 Å². The first-order chi connectivity index (χ1) is 11.8. The van der Waals surface area contributed by atoms with Gasteiger partial charge in [-0.15, -0.1) is 24.0 Å². The Kier molecular flexibility index (Phi) is 11.4. The first kappa shape index (κ1) is 21.8. The minimum absolute atomic E-state index is 0. The van der Waals surface area contributed by atoms with Crippen molar-refractivity contribution < 1.29 is 4.74 Å². The van der Waals surface area contributed by atoms with Gasteiger partial charge in [-0.3, -0.25) is 9.89 Å². The van der Waals surface area contributed by atoms with Crippen molar-refractivity contribution >= 4 is 35.9 Å². The highest BCUT2D eigenvalue weighted by molar-refractivity contribution is 14.0. The molecule has 0 aromatic carbocycles. The highest BCUT2D eigenvalue weighted by atomic mass is 127. The number of anilines is 1. The summed E-state index contributed by atoms with van der Waals surface area (Å²) in [4.78, 5) is 17.6. The summed E-state index contributed by atoms with van der Waals surface area (Å²) in [5.74, 6) is 1.67. The van der Waals surface area contributed by atoms with Crippen LogP contribution in [0.25, 0.3) is 0 Å². The zero-order chi connectivity index (χ0) is 17.0. The number of hydrogen-bond donors (Lipinski definition) is 2. The van der Waals surface area contributed by atoms with Gasteiger partial charge < -0.3 is 20.3 Å². The molecule has 1 aromatic rings. The van der Waals surface area contributed by atoms with Crippen LogP contribution in [0.3, 0.4) is 0 Å². The van der Waals surface area contributed by atoms with E-state index in [0.29, 0.717) is 6.61 Å². The third-order valence-electron chi connectivity index (χ3n) is 3.97. The van der Waals surface area contributed by atoms with E-state index >= 15 is 0 Å². The molecular formula is C16H30IN7O. The summed E-state index contributed by atoms with van der Waals surface area (Å²) in [6.07, 6.45) is 4.69. The molecule has 0 saturated carbocycles. The van der Waals surface area contributed by atoms with E-state index in [0.717, 1.165) is 64.1 Å². The topological polar surface area (TPSA) is 77.9 Å². The van der Waals surface area contributed by atoms with Crippen LogP contribution in [-0.2, 0) is 4.74 Å². The van der Waals surface area contributed by atoms with Crippen LogP contribution in [0.4, 0.5) is 5.95 Å². The van der Waals surface area contributed by atoms with Crippen molar-refractivity contribution in [2.45, 2.75) is 6.42 Å². The van der Waals surface area contributed by atoms with Crippen LogP contribution in [0.15, 0.2) is 23.5 Å². The third-order valence-corrected chi connectivity index (χ3v) is 3.97. The molecule has 0 radical (unpaired) electrons. The van der Waals surface area contributed by atoms with Crippen molar-refractivity contribution in [2.75, 3.05) is 71.5 Å². The lowest BCUT2D eigenvalue weighted by molar-refractivity contribution is 0.203. The van der Waals surface area contributed by atoms with E-state index in [1.807, 2.05) is 6.07 Å². The van der Waals surface area contributed by atoms with Crippen LogP contribution >= 0.6 is 24.0 Å². The van der Waals surface area contributed by atoms with Crippen LogP contribution in [-0.4, -0.2) is 87.4 Å². The van der Waals surface area contributed by atoms with E-state index in [9.17, 15) is 0 Å². The SMILES string of the molecule is CN=C(NCCCN1CCN(c2ncccn2)CC1)NCCOC.I. The highest BCUT2D eigenvalue weighted by Gasteiger charge is 2.18. The van der Waals surface area contributed by atoms with Gasteiger partial charge in [0.15, 0.2) is 5.96 Å². The van der Waals surface area contributed by atoms with Crippen molar-refractivity contribution in [3.05, 3.63) is 18.5 Å². The fourth-order valence-electron chi connectivity index (χ4n) is 2.63. The van der Waals surface area contributed by atoms with Gasteiger partial charge in [-0.2, -0.15) is 0 Å². The largest absolute Gasteiger partial charge is 0.383 e. The van der Waals surface area contributed by atoms with E-state index in [2.05, 4.69) is 35.4 Å². The van der Waals surface area contributed by atoms with Crippen molar-refractivity contribution in [1.29, 1.82) is 0 Å². The van der Waals surface area contributed by atoms with Crippen molar-refractivity contribution in [2.24, 2.45) is 4.99 Å². The minimum atomic E-state index is 0. The van der Waals surface area contributed by atoms with Crippen LogP contribution in [0.2, 0.25) is 0 Å². The molecule has 2 rings (SSSR count). The molecular weight excluding hydrogens is 433 g/mol. The van der Waals surface area contributed by atoms with Gasteiger partial charge in [0.05, 0.1) is 6.61 Å². The number of ether oxygens (including phenoxy) is 1. The molecule has 25 heavy (non-hydrogen) atoms. The molecule has 2 heterocycles. The molecule has 1 aromatic heterocycles. The molecule has 0 amide bonds. The second kappa shape index (κ2) is 13.1. The number of nitrogens with zero attached hydrogens (tertiary/aromatic N) is 5. The van der Waals surface area contributed by atoms with Crippen molar-refractivity contribution in [3.8, 4) is 0 Å². The van der Waals surface area contributed by atoms with Gasteiger partial charge in [-0.1, -0.05) is 0 Å². The molecule has 0 bridgehead atoms. The molecule has 1 aliphatic heterocycles. The molecule has 2 N–H and O–H groups in total. The Bertz CT molecular complexity index is 481. The zero-order valence-electron chi connectivity index (χ0n) is 15.1. The van der Waals surface area contributed by atoms with Gasteiger partial charge in [-0.25, -0.2) is 9.97 Å². The second-order valence-corrected chi connectivity index (χ2v) is 5.65. The summed E-state index contributed by atoms with van der Waals surface area (Å²) in [5.41, 5.74) is 0. The summed E-state index contributed by atoms with van der Waals surface area (Å²) in [5, 5.41) is 6.54. The zero-order valence-corrected chi connectivity index (χ0v) is 17.5. The molecule has 0 spiro atoms. The number of aliphatic imine (C=N–C) groups is 1. The number of hydrogen-bond acceptors (Lipinski definition) is 6. The summed E-state index contributed by atoms with van der Waals surface area (Å²) in [6, 6.07) is 1.85. The lowest BCUT2D eigenvalue weighted by Gasteiger charge is -2.34. The Labute approximate surface area is 167 Å². The summed E-state index contributed by atoms with van der Waals surface area (Å²) < 4.78 is 5.02. The maximum atomic E-state index is 5.02. The number of nitrogens with one attached hydrogen (secondary N) is 2. The molecule has 0 unspecified atom stereocenters. The lowest BCUT2D eigenvalue weighted by Crippen LogP contribution is -2.47. The first-order valence-corrected chi connectivity index (χ1v) is 8.51. The van der Waals surface area contributed by atoms with E-state index in [1.165, 1.54) is 0 Å². The predicted octanol–water partition coefficient (Wildman–Crippen LogP) is 0.418. The predicted molar refractivity (Wildman–Crippen MR) is 112 cm³/mol. The van der Waals surface area contributed by atoms with Crippen molar-refractivity contribution in [3.63, 3.8) is 0 Å². The minimum Gasteiger partial charge on any atom is -0.383 e. The van der Waals surface area contributed by atoms with Crippen LogP contribution < -0.4 is 15.5 Å². The lowest BCUT2D eigenvalue weighted by atomic mass is 10.3. The van der Waals surface area contributed by atoms with E-state index < -0.39 is 0 Å². The normalized spacial score (nSPS) is 15.6. The monoisotopic (exact) mass is 463 g/mol. The number of aromatic nitrogens is 2. The fourth-order valence-corrected chi connectivity index (χ4v) is 2.63. The third kappa shape index (κ3) is 8.15. The molecule has 1 saturated heterocycles. The molecule has 142 valence electrons. The number of rotatable bonds is 8. The number of piperazine rings is 1. The molecule has 0 atom stereocenters. The second-order valence-electron chi connectivity index (χ2n) is 5.65. The van der Waals surface area contributed by atoms with E-state index in [1.54, 1.807) is 26.6 Å². The molecule has 9 heteroatoms. The van der Waals surface area contributed by atoms with Gasteiger partial charge in [0.25, 0.3) is 0 Å². The number of halogens is 1. The van der Waals surface area contributed by atoms with Crippen LogP contribution in [0.5, 0.6) is 0 Å². The Morgan fingerprint density at radius 3 is 2.48 bits per heavy atom. The Balaban J connectivity index is 0.00000312. The van der Waals surface area contributed by atoms with E-state index in [-0.39, 0.29) is 24.0 Å². The van der Waals surface area contributed by atoms with Gasteiger partial charge in [-0.05, 0) is 19.0 Å². The van der Waals surface area contributed by atoms with Crippen LogP contribution in [0, 0.1) is 0 Å². The maximum absolute atomic E-state index is 5.02. The Morgan fingerprint density at radius 1 is 1.16 bits per heavy atom. The molecule has 8 nitrogen and oxygen atoms in total. The van der Waals surface area contributed by atoms with Crippen LogP contribution in [0.1, 0.15) is 6.42 Å². The summed E-state index contributed by atoms with van der Waals surface area (Å²) >= 11 is 0. The molecule has 1 fully saturated rings. The van der Waals surface area contributed by atoms with Gasteiger partial charge in [0.2, 0.25) is 5.95 Å². The summed E-state index contributed by atoms with van der Waals surface area (Å²) in [6.45, 7) is 7.52. The Morgan fingerprint density at radius 2 is 1.84 bits per heavy atom. The number of methoxy groups -OCH3 is 1. The summed E-state index contributed by atoms with van der Waals surface area (Å²) in [7, 11) is 3.48. The van der Waals surface area contributed by atoms with Gasteiger partial charge in [0.1, 0.15) is 0 Å². The van der Waals surface area contributed by atoms with E-state index in [4.69, 9.17) is 4.74 Å². The molecule has 0 aliphatic carbocycles. The Hall–Kier alpha value is -1.20.